The second-order valence-corrected chi connectivity index (χ2v) is 6.04. The Morgan fingerprint density at radius 3 is 2.24 bits per heavy atom. The summed E-state index contributed by atoms with van der Waals surface area (Å²) in [7, 11) is -3.68. The maximum atomic E-state index is 11.1. The van der Waals surface area contributed by atoms with Crippen molar-refractivity contribution in [2.75, 3.05) is 0 Å². The van der Waals surface area contributed by atoms with E-state index >= 15 is 0 Å². The summed E-state index contributed by atoms with van der Waals surface area (Å²) in [6, 6.07) is 9.59. The summed E-state index contributed by atoms with van der Waals surface area (Å²) < 4.78 is 24.8. The van der Waals surface area contributed by atoms with E-state index in [1.807, 2.05) is 51.1 Å². The fraction of sp³-hybridized carbons (Fsp3) is 0.500. The van der Waals surface area contributed by atoms with Gasteiger partial charge in [-0.3, -0.25) is 0 Å². The second kappa shape index (κ2) is 5.16. The van der Waals surface area contributed by atoms with Crippen LogP contribution in [0.4, 0.5) is 0 Å². The number of rotatable bonds is 5. The SMILES string of the molecule is CC[C@@H](NS(N)(=O)=O)C(C)(C)c1ccccc1. The number of nitrogens with two attached hydrogens (primary N) is 1. The van der Waals surface area contributed by atoms with Crippen LogP contribution in [0.5, 0.6) is 0 Å². The molecule has 0 saturated carbocycles. The van der Waals surface area contributed by atoms with Gasteiger partial charge < -0.3 is 0 Å². The van der Waals surface area contributed by atoms with E-state index in [9.17, 15) is 8.42 Å². The minimum atomic E-state index is -3.68. The molecule has 1 aromatic rings. The predicted molar refractivity (Wildman–Crippen MR) is 69.8 cm³/mol. The molecule has 0 amide bonds. The van der Waals surface area contributed by atoms with Gasteiger partial charge in [-0.15, -0.1) is 0 Å². The monoisotopic (exact) mass is 256 g/mol. The van der Waals surface area contributed by atoms with Crippen LogP contribution in [0.3, 0.4) is 0 Å². The number of hydrogen-bond acceptors (Lipinski definition) is 2. The third kappa shape index (κ3) is 3.80. The molecule has 0 aliphatic carbocycles. The van der Waals surface area contributed by atoms with E-state index in [1.54, 1.807) is 0 Å². The summed E-state index contributed by atoms with van der Waals surface area (Å²) in [5.41, 5.74) is 0.783. The van der Waals surface area contributed by atoms with E-state index in [1.165, 1.54) is 0 Å². The molecule has 4 nitrogen and oxygen atoms in total. The molecule has 0 heterocycles. The lowest BCUT2D eigenvalue weighted by atomic mass is 9.77. The summed E-state index contributed by atoms with van der Waals surface area (Å²) in [6.07, 6.45) is 0.679. The van der Waals surface area contributed by atoms with Gasteiger partial charge in [0, 0.05) is 11.5 Å². The number of benzene rings is 1. The summed E-state index contributed by atoms with van der Waals surface area (Å²) in [5, 5.41) is 5.05. The van der Waals surface area contributed by atoms with Crippen LogP contribution >= 0.6 is 0 Å². The lowest BCUT2D eigenvalue weighted by molar-refractivity contribution is 0.370. The highest BCUT2D eigenvalue weighted by Crippen LogP contribution is 2.28. The topological polar surface area (TPSA) is 72.2 Å². The molecule has 17 heavy (non-hydrogen) atoms. The summed E-state index contributed by atoms with van der Waals surface area (Å²) in [5.74, 6) is 0. The van der Waals surface area contributed by atoms with Crippen molar-refractivity contribution in [3.63, 3.8) is 0 Å². The Labute approximate surface area is 103 Å². The van der Waals surface area contributed by atoms with Crippen molar-refractivity contribution < 1.29 is 8.42 Å². The predicted octanol–water partition coefficient (Wildman–Crippen LogP) is 1.54. The zero-order valence-electron chi connectivity index (χ0n) is 10.5. The van der Waals surface area contributed by atoms with Gasteiger partial charge in [0.1, 0.15) is 0 Å². The molecule has 1 atom stereocenters. The van der Waals surface area contributed by atoms with Crippen LogP contribution < -0.4 is 9.86 Å². The summed E-state index contributed by atoms with van der Waals surface area (Å²) in [4.78, 5) is 0. The highest BCUT2D eigenvalue weighted by Gasteiger charge is 2.31. The van der Waals surface area contributed by atoms with Crippen LogP contribution in [0.15, 0.2) is 30.3 Å². The Morgan fingerprint density at radius 2 is 1.82 bits per heavy atom. The molecule has 1 rings (SSSR count). The van der Waals surface area contributed by atoms with Crippen molar-refractivity contribution >= 4 is 10.2 Å². The van der Waals surface area contributed by atoms with Gasteiger partial charge in [-0.1, -0.05) is 51.1 Å². The zero-order valence-corrected chi connectivity index (χ0v) is 11.3. The van der Waals surface area contributed by atoms with Gasteiger partial charge in [-0.25, -0.2) is 5.14 Å². The first-order valence-electron chi connectivity index (χ1n) is 5.63. The van der Waals surface area contributed by atoms with Gasteiger partial charge in [0.25, 0.3) is 10.2 Å². The standard InChI is InChI=1S/C12H20N2O2S/c1-4-11(14-17(13,15)16)12(2,3)10-8-6-5-7-9-10/h5-9,11,14H,4H2,1-3H3,(H2,13,15,16)/t11-/m1/s1. The average Bonchev–Trinajstić information content (AvgIpc) is 2.25. The summed E-state index contributed by atoms with van der Waals surface area (Å²) >= 11 is 0. The van der Waals surface area contributed by atoms with Crippen LogP contribution in [0, 0.1) is 0 Å². The van der Waals surface area contributed by atoms with E-state index in [0.717, 1.165) is 5.56 Å². The highest BCUT2D eigenvalue weighted by molar-refractivity contribution is 7.87. The normalized spacial score (nSPS) is 14.6. The Hall–Kier alpha value is -0.910. The molecule has 96 valence electrons. The quantitative estimate of drug-likeness (QED) is 0.838. The number of nitrogens with one attached hydrogen (secondary N) is 1. The zero-order chi connectivity index (χ0) is 13.1. The van der Waals surface area contributed by atoms with Crippen molar-refractivity contribution in [3.05, 3.63) is 35.9 Å². The van der Waals surface area contributed by atoms with Gasteiger partial charge in [0.2, 0.25) is 0 Å². The lowest BCUT2D eigenvalue weighted by Crippen LogP contribution is -2.49. The lowest BCUT2D eigenvalue weighted by Gasteiger charge is -2.34. The molecule has 0 saturated heterocycles. The molecule has 5 heteroatoms. The third-order valence-electron chi connectivity index (χ3n) is 3.10. The molecule has 0 bridgehead atoms. The fourth-order valence-corrected chi connectivity index (χ4v) is 2.87. The fourth-order valence-electron chi connectivity index (χ4n) is 2.01. The van der Waals surface area contributed by atoms with Gasteiger partial charge in [-0.2, -0.15) is 13.1 Å². The van der Waals surface area contributed by atoms with Crippen LogP contribution in [0.25, 0.3) is 0 Å². The molecule has 0 aliphatic heterocycles. The van der Waals surface area contributed by atoms with Crippen molar-refractivity contribution in [3.8, 4) is 0 Å². The average molecular weight is 256 g/mol. The van der Waals surface area contributed by atoms with Gasteiger partial charge >= 0.3 is 0 Å². The van der Waals surface area contributed by atoms with Crippen LogP contribution in [0.2, 0.25) is 0 Å². The van der Waals surface area contributed by atoms with Gasteiger partial charge in [0.05, 0.1) is 0 Å². The van der Waals surface area contributed by atoms with E-state index < -0.39 is 10.2 Å². The molecule has 0 aromatic heterocycles. The summed E-state index contributed by atoms with van der Waals surface area (Å²) in [6.45, 7) is 5.96. The Morgan fingerprint density at radius 1 is 1.29 bits per heavy atom. The highest BCUT2D eigenvalue weighted by atomic mass is 32.2. The van der Waals surface area contributed by atoms with Crippen LogP contribution in [-0.2, 0) is 15.6 Å². The van der Waals surface area contributed by atoms with Gasteiger partial charge in [-0.05, 0) is 12.0 Å². The van der Waals surface area contributed by atoms with E-state index in [2.05, 4.69) is 4.72 Å². The third-order valence-corrected chi connectivity index (χ3v) is 3.72. The smallest absolute Gasteiger partial charge is 0.216 e. The molecule has 3 N–H and O–H groups in total. The number of hydrogen-bond donors (Lipinski definition) is 2. The van der Waals surface area contributed by atoms with Gasteiger partial charge in [0.15, 0.2) is 0 Å². The van der Waals surface area contributed by atoms with E-state index in [0.29, 0.717) is 6.42 Å². The molecule has 0 fully saturated rings. The first-order chi connectivity index (χ1) is 7.77. The maximum Gasteiger partial charge on any atom is 0.274 e. The van der Waals surface area contributed by atoms with Crippen molar-refractivity contribution in [1.29, 1.82) is 0 Å². The Balaban J connectivity index is 3.02. The Kier molecular flexibility index (Phi) is 4.30. The minimum Gasteiger partial charge on any atom is -0.216 e. The minimum absolute atomic E-state index is 0.222. The molecule has 0 aliphatic rings. The Bertz CT molecular complexity index is 455. The maximum absolute atomic E-state index is 11.1. The van der Waals surface area contributed by atoms with Crippen molar-refractivity contribution in [1.82, 2.24) is 4.72 Å². The van der Waals surface area contributed by atoms with E-state index in [4.69, 9.17) is 5.14 Å². The molecule has 1 aromatic carbocycles. The van der Waals surface area contributed by atoms with Crippen molar-refractivity contribution in [2.24, 2.45) is 5.14 Å². The molecular weight excluding hydrogens is 236 g/mol. The first-order valence-corrected chi connectivity index (χ1v) is 7.17. The molecular formula is C12H20N2O2S. The molecule has 0 radical (unpaired) electrons. The van der Waals surface area contributed by atoms with Crippen LogP contribution in [-0.4, -0.2) is 14.5 Å². The van der Waals surface area contributed by atoms with Crippen LogP contribution in [0.1, 0.15) is 32.8 Å². The van der Waals surface area contributed by atoms with Crippen molar-refractivity contribution in [2.45, 2.75) is 38.6 Å². The first kappa shape index (κ1) is 14.2. The van der Waals surface area contributed by atoms with E-state index in [-0.39, 0.29) is 11.5 Å². The second-order valence-electron chi connectivity index (χ2n) is 4.71. The largest absolute Gasteiger partial charge is 0.274 e. The molecule has 0 spiro atoms. The molecule has 0 unspecified atom stereocenters.